The van der Waals surface area contributed by atoms with E-state index in [1.807, 2.05) is 36.4 Å². The van der Waals surface area contributed by atoms with Crippen LogP contribution in [-0.4, -0.2) is 13.1 Å². The third-order valence-electron chi connectivity index (χ3n) is 6.26. The van der Waals surface area contributed by atoms with E-state index in [9.17, 15) is 4.79 Å². The van der Waals surface area contributed by atoms with Crippen molar-refractivity contribution in [3.8, 4) is 0 Å². The van der Waals surface area contributed by atoms with Crippen LogP contribution in [0.5, 0.6) is 0 Å². The third kappa shape index (κ3) is 3.69. The number of fused-ring (bicyclic) bond motifs is 1. The largest absolute Gasteiger partial charge is 0.441 e. The van der Waals surface area contributed by atoms with E-state index in [2.05, 4.69) is 64.1 Å². The number of hydrogen-bond donors (Lipinski definition) is 0. The lowest BCUT2D eigenvalue weighted by molar-refractivity contribution is -0.245. The highest BCUT2D eigenvalue weighted by molar-refractivity contribution is 5.96. The maximum atomic E-state index is 13.0. The maximum Gasteiger partial charge on any atom is 0.340 e. The van der Waals surface area contributed by atoms with Crippen molar-refractivity contribution in [3.05, 3.63) is 106 Å². The molecule has 1 aliphatic carbocycles. The van der Waals surface area contributed by atoms with Crippen molar-refractivity contribution < 1.29 is 19.3 Å². The zero-order chi connectivity index (χ0) is 22.9. The summed E-state index contributed by atoms with van der Waals surface area (Å²) in [5, 5.41) is 0. The second-order valence-electron chi connectivity index (χ2n) is 9.31. The summed E-state index contributed by atoms with van der Waals surface area (Å²) < 4.78 is 6.23. The van der Waals surface area contributed by atoms with Gasteiger partial charge in [0.1, 0.15) is 5.76 Å². The molecular weight excluding hydrogens is 400 g/mol. The van der Waals surface area contributed by atoms with Gasteiger partial charge in [-0.1, -0.05) is 88.4 Å². The van der Waals surface area contributed by atoms with Crippen molar-refractivity contribution in [2.75, 3.05) is 7.11 Å². The van der Waals surface area contributed by atoms with Gasteiger partial charge in [-0.3, -0.25) is 0 Å². The lowest BCUT2D eigenvalue weighted by Gasteiger charge is -2.31. The van der Waals surface area contributed by atoms with Crippen LogP contribution in [0.25, 0.3) is 0 Å². The highest BCUT2D eigenvalue weighted by Gasteiger charge is 2.49. The summed E-state index contributed by atoms with van der Waals surface area (Å²) >= 11 is 0. The molecule has 0 saturated heterocycles. The molecule has 0 N–H and O–H groups in total. The van der Waals surface area contributed by atoms with E-state index in [1.165, 1.54) is 12.7 Å². The van der Waals surface area contributed by atoms with Crippen molar-refractivity contribution in [3.63, 3.8) is 0 Å². The number of carbonyl (C=O) groups is 1. The van der Waals surface area contributed by atoms with Crippen molar-refractivity contribution in [2.24, 2.45) is 11.3 Å². The molecule has 2 unspecified atom stereocenters. The van der Waals surface area contributed by atoms with Crippen LogP contribution in [0.3, 0.4) is 0 Å². The van der Waals surface area contributed by atoms with E-state index < -0.39 is 5.60 Å². The van der Waals surface area contributed by atoms with Gasteiger partial charge < -0.3 is 9.62 Å². The van der Waals surface area contributed by atoms with Gasteiger partial charge in [0.2, 0.25) is 0 Å². The summed E-state index contributed by atoms with van der Waals surface area (Å²) in [6.07, 6.45) is 9.01. The Morgan fingerprint density at radius 1 is 1.03 bits per heavy atom. The molecule has 0 spiro atoms. The van der Waals surface area contributed by atoms with E-state index in [1.54, 1.807) is 0 Å². The Bertz CT molecular complexity index is 1100. The Balaban J connectivity index is 1.93. The molecule has 166 valence electrons. The predicted molar refractivity (Wildman–Crippen MR) is 125 cm³/mol. The third-order valence-corrected chi connectivity index (χ3v) is 6.26. The van der Waals surface area contributed by atoms with Crippen LogP contribution in [0, 0.1) is 11.3 Å². The Hall–Kier alpha value is -3.11. The first-order valence-electron chi connectivity index (χ1n) is 11.0. The van der Waals surface area contributed by atoms with E-state index in [0.29, 0.717) is 11.3 Å². The molecule has 32 heavy (non-hydrogen) atoms. The molecular formula is C28H30O4. The second-order valence-corrected chi connectivity index (χ2v) is 9.31. The van der Waals surface area contributed by atoms with Crippen LogP contribution >= 0.6 is 0 Å². The molecule has 0 bridgehead atoms. The number of benzene rings is 2. The van der Waals surface area contributed by atoms with Crippen LogP contribution in [0.2, 0.25) is 0 Å². The topological polar surface area (TPSA) is 44.8 Å². The Kier molecular flexibility index (Phi) is 5.83. The Labute approximate surface area is 190 Å². The zero-order valence-electron chi connectivity index (χ0n) is 19.3. The first-order chi connectivity index (χ1) is 15.3. The fraction of sp³-hybridized carbons (Fsp3) is 0.321. The summed E-state index contributed by atoms with van der Waals surface area (Å²) in [4.78, 5) is 23.5. The molecule has 0 aromatic heterocycles. The lowest BCUT2D eigenvalue weighted by atomic mass is 9.77. The minimum absolute atomic E-state index is 0.0111. The standard InChI is InChI=1S/C28H30O4/c1-6-19-11-13-20(14-12-19)28(23-10-8-7-9-22(23)26(29)31-28)21-15-17-24(27(2,3)4)25(18-16-21)32-30-5/h7-18,24H,6H2,1-5H3. The molecule has 0 radical (unpaired) electrons. The van der Waals surface area contributed by atoms with Crippen molar-refractivity contribution in [1.82, 2.24) is 0 Å². The molecule has 0 saturated carbocycles. The number of hydrogen-bond acceptors (Lipinski definition) is 4. The van der Waals surface area contributed by atoms with Crippen LogP contribution in [0.4, 0.5) is 0 Å². The summed E-state index contributed by atoms with van der Waals surface area (Å²) in [5.41, 5.74) is 3.33. The molecule has 2 aromatic rings. The molecule has 4 rings (SSSR count). The molecule has 4 nitrogen and oxygen atoms in total. The number of cyclic esters (lactones) is 1. The average molecular weight is 431 g/mol. The van der Waals surface area contributed by atoms with E-state index in [0.717, 1.165) is 23.1 Å². The monoisotopic (exact) mass is 430 g/mol. The predicted octanol–water partition coefficient (Wildman–Crippen LogP) is 6.28. The van der Waals surface area contributed by atoms with Gasteiger partial charge in [0.25, 0.3) is 0 Å². The highest BCUT2D eigenvalue weighted by atomic mass is 17.2. The summed E-state index contributed by atoms with van der Waals surface area (Å²) in [6.45, 7) is 8.60. The summed E-state index contributed by atoms with van der Waals surface area (Å²) in [6, 6.07) is 15.9. The van der Waals surface area contributed by atoms with Crippen LogP contribution < -0.4 is 0 Å². The number of carbonyl (C=O) groups excluding carboxylic acids is 1. The number of esters is 1. The van der Waals surface area contributed by atoms with Gasteiger partial charge in [-0.05, 0) is 29.5 Å². The van der Waals surface area contributed by atoms with Crippen molar-refractivity contribution in [1.29, 1.82) is 0 Å². The Morgan fingerprint density at radius 2 is 1.75 bits per heavy atom. The minimum atomic E-state index is -1.03. The SMILES string of the molecule is CCc1ccc(C2(C3=CC=C(OOC)C(C(C)(C)C)C=C3)OC(=O)c3ccccc32)cc1. The molecule has 0 amide bonds. The molecule has 2 aliphatic rings. The van der Waals surface area contributed by atoms with Gasteiger partial charge in [0.05, 0.1) is 12.7 Å². The molecule has 1 aliphatic heterocycles. The molecule has 2 aromatic carbocycles. The number of aryl methyl sites for hydroxylation is 1. The van der Waals surface area contributed by atoms with Crippen LogP contribution in [0.15, 0.2) is 84.2 Å². The van der Waals surface area contributed by atoms with Gasteiger partial charge in [0.15, 0.2) is 5.60 Å². The van der Waals surface area contributed by atoms with Gasteiger partial charge in [-0.2, -0.15) is 4.89 Å². The van der Waals surface area contributed by atoms with E-state index in [4.69, 9.17) is 14.5 Å². The smallest absolute Gasteiger partial charge is 0.340 e. The number of rotatable bonds is 5. The lowest BCUT2D eigenvalue weighted by Crippen LogP contribution is -2.30. The normalized spacial score (nSPS) is 22.5. The average Bonchev–Trinajstić information content (AvgIpc) is 2.93. The van der Waals surface area contributed by atoms with Crippen molar-refractivity contribution >= 4 is 5.97 Å². The second kappa shape index (κ2) is 8.44. The Morgan fingerprint density at radius 3 is 2.41 bits per heavy atom. The van der Waals surface area contributed by atoms with Gasteiger partial charge in [-0.25, -0.2) is 4.79 Å². The fourth-order valence-corrected chi connectivity index (χ4v) is 4.54. The summed E-state index contributed by atoms with van der Waals surface area (Å²) in [7, 11) is 1.51. The van der Waals surface area contributed by atoms with E-state index >= 15 is 0 Å². The first-order valence-corrected chi connectivity index (χ1v) is 11.0. The number of ether oxygens (including phenoxy) is 1. The minimum Gasteiger partial charge on any atom is -0.441 e. The maximum absolute atomic E-state index is 13.0. The zero-order valence-corrected chi connectivity index (χ0v) is 19.3. The summed E-state index contributed by atoms with van der Waals surface area (Å²) in [5.74, 6) is 0.381. The highest BCUT2D eigenvalue weighted by Crippen LogP contribution is 2.49. The van der Waals surface area contributed by atoms with E-state index in [-0.39, 0.29) is 17.3 Å². The van der Waals surface area contributed by atoms with Crippen LogP contribution in [-0.2, 0) is 26.5 Å². The van der Waals surface area contributed by atoms with Gasteiger partial charge >= 0.3 is 5.97 Å². The molecule has 4 heteroatoms. The van der Waals surface area contributed by atoms with Crippen molar-refractivity contribution in [2.45, 2.75) is 39.7 Å². The molecule has 2 atom stereocenters. The first kappa shape index (κ1) is 22.1. The number of allylic oxidation sites excluding steroid dienone is 3. The quantitative estimate of drug-likeness (QED) is 0.318. The van der Waals surface area contributed by atoms with Gasteiger partial charge in [-0.15, -0.1) is 0 Å². The van der Waals surface area contributed by atoms with Crippen LogP contribution in [0.1, 0.15) is 54.7 Å². The molecule has 0 fully saturated rings. The molecule has 1 heterocycles. The fourth-order valence-electron chi connectivity index (χ4n) is 4.54. The van der Waals surface area contributed by atoms with Gasteiger partial charge in [0, 0.05) is 22.6 Å².